The molecule has 4 nitrogen and oxygen atoms in total. The summed E-state index contributed by atoms with van der Waals surface area (Å²) in [6.07, 6.45) is 1.88. The molecule has 2 heterocycles. The number of carboxylic acids is 1. The van der Waals surface area contributed by atoms with Gasteiger partial charge in [-0.05, 0) is 12.5 Å². The summed E-state index contributed by atoms with van der Waals surface area (Å²) >= 11 is 7.03. The van der Waals surface area contributed by atoms with E-state index in [1.165, 1.54) is 6.07 Å². The number of hydrogen-bond acceptors (Lipinski definition) is 3. The second-order valence-corrected chi connectivity index (χ2v) is 5.79. The average Bonchev–Trinajstić information content (AvgIpc) is 2.89. The van der Waals surface area contributed by atoms with Gasteiger partial charge in [0.25, 0.3) is 0 Å². The van der Waals surface area contributed by atoms with Gasteiger partial charge in [-0.1, -0.05) is 18.5 Å². The Morgan fingerprint density at radius 2 is 2.24 bits per heavy atom. The number of pyridine rings is 1. The van der Waals surface area contributed by atoms with E-state index >= 15 is 0 Å². The lowest BCUT2D eigenvalue weighted by Crippen LogP contribution is -2.19. The monoisotopic (exact) mass is 325 g/mol. The highest BCUT2D eigenvalue weighted by Crippen LogP contribution is 2.29. The fraction of sp³-hybridized carbons (Fsp3) is 0.143. The van der Waals surface area contributed by atoms with Crippen molar-refractivity contribution in [3.8, 4) is 0 Å². The predicted octanol–water partition coefficient (Wildman–Crippen LogP) is 3.57. The minimum Gasteiger partial charge on any atom is -0.477 e. The number of hydrogen-bond donors (Lipinski definition) is 1. The molecule has 21 heavy (non-hydrogen) atoms. The quantitative estimate of drug-likeness (QED) is 0.783. The van der Waals surface area contributed by atoms with Crippen molar-refractivity contribution in [1.29, 1.82) is 0 Å². The molecule has 0 bridgehead atoms. The summed E-state index contributed by atoms with van der Waals surface area (Å²) in [6.45, 7) is 1.69. The van der Waals surface area contributed by atoms with E-state index in [1.54, 1.807) is 22.9 Å². The maximum absolute atomic E-state index is 14.1. The van der Waals surface area contributed by atoms with Gasteiger partial charge >= 0.3 is 5.97 Å². The standard InChI is InChI=1S/C14H9ClFNO3S/c1-2-6-9-8(5-7(15)11(6)16)17-3-4-21-13(17)10(12(9)18)14(19)20/h3-5H,2H2,1H3,(H,19,20). The average molecular weight is 326 g/mol. The van der Waals surface area contributed by atoms with Gasteiger partial charge in [0.05, 0.1) is 15.9 Å². The summed E-state index contributed by atoms with van der Waals surface area (Å²) in [5.74, 6) is -1.99. The molecule has 0 radical (unpaired) electrons. The zero-order chi connectivity index (χ0) is 15.3. The molecule has 0 saturated carbocycles. The number of aromatic carboxylic acids is 1. The summed E-state index contributed by atoms with van der Waals surface area (Å²) in [5.41, 5.74) is -0.448. The lowest BCUT2D eigenvalue weighted by atomic mass is 10.0. The van der Waals surface area contributed by atoms with Crippen LogP contribution in [0.25, 0.3) is 15.7 Å². The second-order valence-electron chi connectivity index (χ2n) is 4.49. The van der Waals surface area contributed by atoms with Gasteiger partial charge in [0.1, 0.15) is 16.2 Å². The van der Waals surface area contributed by atoms with Gasteiger partial charge in [0, 0.05) is 17.1 Å². The Kier molecular flexibility index (Phi) is 3.22. The summed E-state index contributed by atoms with van der Waals surface area (Å²) in [7, 11) is 0. The minimum absolute atomic E-state index is 0.0766. The molecule has 0 aliphatic heterocycles. The third-order valence-electron chi connectivity index (χ3n) is 3.40. The number of benzene rings is 1. The molecule has 1 N–H and O–H groups in total. The van der Waals surface area contributed by atoms with Crippen LogP contribution in [0.15, 0.2) is 22.4 Å². The molecule has 1 aromatic carbocycles. The van der Waals surface area contributed by atoms with E-state index in [1.807, 2.05) is 0 Å². The number of fused-ring (bicyclic) bond motifs is 3. The fourth-order valence-electron chi connectivity index (χ4n) is 2.50. The molecule has 0 aliphatic carbocycles. The number of rotatable bonds is 2. The highest BCUT2D eigenvalue weighted by Gasteiger charge is 2.23. The molecule has 0 atom stereocenters. The summed E-state index contributed by atoms with van der Waals surface area (Å²) in [6, 6.07) is 1.36. The number of carboxylic acid groups (broad SMARTS) is 1. The normalized spacial score (nSPS) is 11.4. The van der Waals surface area contributed by atoms with Crippen LogP contribution >= 0.6 is 22.9 Å². The Morgan fingerprint density at radius 1 is 1.52 bits per heavy atom. The molecule has 0 fully saturated rings. The lowest BCUT2D eigenvalue weighted by Gasteiger charge is -2.10. The van der Waals surface area contributed by atoms with Crippen LogP contribution in [0.3, 0.4) is 0 Å². The molecular weight excluding hydrogens is 317 g/mol. The van der Waals surface area contributed by atoms with Crippen molar-refractivity contribution in [3.05, 3.63) is 49.8 Å². The zero-order valence-corrected chi connectivity index (χ0v) is 12.4. The molecular formula is C14H9ClFNO3S. The van der Waals surface area contributed by atoms with E-state index in [0.717, 1.165) is 11.3 Å². The molecule has 0 spiro atoms. The molecule has 0 aliphatic rings. The van der Waals surface area contributed by atoms with Gasteiger partial charge in [-0.15, -0.1) is 11.3 Å². The summed E-state index contributed by atoms with van der Waals surface area (Å²) in [4.78, 5) is 24.2. The van der Waals surface area contributed by atoms with Gasteiger partial charge < -0.3 is 9.51 Å². The maximum Gasteiger partial charge on any atom is 0.342 e. The molecule has 0 unspecified atom stereocenters. The minimum atomic E-state index is -1.32. The summed E-state index contributed by atoms with van der Waals surface area (Å²) in [5, 5.41) is 11.0. The topological polar surface area (TPSA) is 58.8 Å². The van der Waals surface area contributed by atoms with Crippen LogP contribution in [0.5, 0.6) is 0 Å². The predicted molar refractivity (Wildman–Crippen MR) is 80.4 cm³/mol. The van der Waals surface area contributed by atoms with Crippen molar-refractivity contribution in [3.63, 3.8) is 0 Å². The molecule has 7 heteroatoms. The fourth-order valence-corrected chi connectivity index (χ4v) is 3.60. The largest absolute Gasteiger partial charge is 0.477 e. The molecule has 0 amide bonds. The first-order valence-corrected chi connectivity index (χ1v) is 7.38. The zero-order valence-electron chi connectivity index (χ0n) is 10.8. The van der Waals surface area contributed by atoms with Gasteiger partial charge in [0.15, 0.2) is 0 Å². The lowest BCUT2D eigenvalue weighted by molar-refractivity contribution is 0.0697. The van der Waals surface area contributed by atoms with Gasteiger partial charge in [-0.3, -0.25) is 4.79 Å². The third-order valence-corrected chi connectivity index (χ3v) is 4.56. The van der Waals surface area contributed by atoms with E-state index in [2.05, 4.69) is 0 Å². The molecule has 3 aromatic rings. The van der Waals surface area contributed by atoms with Crippen molar-refractivity contribution >= 4 is 44.6 Å². The van der Waals surface area contributed by atoms with Crippen molar-refractivity contribution < 1.29 is 14.3 Å². The number of thiazole rings is 1. The van der Waals surface area contributed by atoms with E-state index in [4.69, 9.17) is 11.6 Å². The van der Waals surface area contributed by atoms with Crippen LogP contribution in [0.4, 0.5) is 4.39 Å². The van der Waals surface area contributed by atoms with Crippen LogP contribution in [0, 0.1) is 5.82 Å². The van der Waals surface area contributed by atoms with Crippen LogP contribution in [-0.4, -0.2) is 15.5 Å². The first-order valence-electron chi connectivity index (χ1n) is 6.13. The Balaban J connectivity index is 2.72. The molecule has 0 saturated heterocycles. The second kappa shape index (κ2) is 4.82. The third kappa shape index (κ3) is 1.86. The number of aromatic nitrogens is 1. The Morgan fingerprint density at radius 3 is 2.86 bits per heavy atom. The van der Waals surface area contributed by atoms with Gasteiger partial charge in [-0.25, -0.2) is 9.18 Å². The Bertz CT molecular complexity index is 960. The molecule has 108 valence electrons. The van der Waals surface area contributed by atoms with Crippen molar-refractivity contribution in [1.82, 2.24) is 4.40 Å². The highest BCUT2D eigenvalue weighted by molar-refractivity contribution is 7.16. The van der Waals surface area contributed by atoms with Crippen LogP contribution < -0.4 is 5.43 Å². The Labute approximate surface area is 127 Å². The number of nitrogens with zero attached hydrogens (tertiary/aromatic N) is 1. The van der Waals surface area contributed by atoms with Crippen molar-refractivity contribution in [2.24, 2.45) is 0 Å². The van der Waals surface area contributed by atoms with Gasteiger partial charge in [-0.2, -0.15) is 0 Å². The number of aryl methyl sites for hydroxylation is 1. The van der Waals surface area contributed by atoms with E-state index in [9.17, 15) is 19.1 Å². The molecule has 3 rings (SSSR count). The highest BCUT2D eigenvalue weighted by atomic mass is 35.5. The van der Waals surface area contributed by atoms with Crippen LogP contribution in [-0.2, 0) is 6.42 Å². The van der Waals surface area contributed by atoms with Crippen LogP contribution in [0.1, 0.15) is 22.8 Å². The SMILES string of the molecule is CCc1c(F)c(Cl)cc2c1c(=O)c(C(=O)O)c1sccn12. The van der Waals surface area contributed by atoms with E-state index < -0.39 is 17.2 Å². The van der Waals surface area contributed by atoms with Crippen molar-refractivity contribution in [2.75, 3.05) is 0 Å². The first kappa shape index (κ1) is 14.0. The smallest absolute Gasteiger partial charge is 0.342 e. The first-order chi connectivity index (χ1) is 9.97. The van der Waals surface area contributed by atoms with E-state index in [-0.39, 0.29) is 28.0 Å². The van der Waals surface area contributed by atoms with E-state index in [0.29, 0.717) is 10.3 Å². The van der Waals surface area contributed by atoms with Gasteiger partial charge in [0.2, 0.25) is 5.43 Å². The maximum atomic E-state index is 14.1. The van der Waals surface area contributed by atoms with Crippen molar-refractivity contribution in [2.45, 2.75) is 13.3 Å². The number of halogens is 2. The Hall–Kier alpha value is -1.92. The number of carbonyl (C=O) groups is 1. The summed E-state index contributed by atoms with van der Waals surface area (Å²) < 4.78 is 15.7. The van der Waals surface area contributed by atoms with Crippen LogP contribution in [0.2, 0.25) is 5.02 Å². The molecule has 2 aromatic heterocycles.